The lowest BCUT2D eigenvalue weighted by molar-refractivity contribution is -0.115. The van der Waals surface area contributed by atoms with Crippen molar-refractivity contribution in [3.05, 3.63) is 11.3 Å². The van der Waals surface area contributed by atoms with Gasteiger partial charge in [-0.3, -0.25) is 4.79 Å². The van der Waals surface area contributed by atoms with Crippen molar-refractivity contribution in [2.45, 2.75) is 50.1 Å². The third kappa shape index (κ3) is 2.52. The lowest BCUT2D eigenvalue weighted by Gasteiger charge is -2.23. The molecule has 0 saturated heterocycles. The maximum Gasteiger partial charge on any atom is 0.243 e. The summed E-state index contributed by atoms with van der Waals surface area (Å²) in [6, 6.07) is 0. The molecule has 0 unspecified atom stereocenters. The number of hydrogen-bond acceptors (Lipinski definition) is 3. The second kappa shape index (κ2) is 4.78. The molecule has 1 aromatic heterocycles. The fraction of sp³-hybridized carbons (Fsp3) is 0.667. The molecule has 1 N–H and O–H groups in total. The number of alkyl halides is 1. The summed E-state index contributed by atoms with van der Waals surface area (Å²) < 4.78 is 1.90. The quantitative estimate of drug-likeness (QED) is 0.851. The monoisotopic (exact) mass is 287 g/mol. The number of hydrogen-bond donors (Lipinski definition) is 1. The van der Waals surface area contributed by atoms with Crippen LogP contribution >= 0.6 is 23.4 Å². The van der Waals surface area contributed by atoms with Crippen LogP contribution in [0.25, 0.3) is 0 Å². The first-order valence-corrected chi connectivity index (χ1v) is 7.53. The molecule has 2 heterocycles. The average Bonchev–Trinajstić information content (AvgIpc) is 2.78. The van der Waals surface area contributed by atoms with Crippen LogP contribution in [0.15, 0.2) is 0 Å². The molecular formula is C12H18ClN3OS. The average molecular weight is 288 g/mol. The van der Waals surface area contributed by atoms with E-state index in [1.807, 2.05) is 16.4 Å². The smallest absolute Gasteiger partial charge is 0.243 e. The van der Waals surface area contributed by atoms with Crippen molar-refractivity contribution in [1.29, 1.82) is 0 Å². The number of nitrogens with one attached hydrogen (secondary N) is 1. The molecule has 100 valence electrons. The fourth-order valence-corrected chi connectivity index (χ4v) is 2.93. The predicted octanol–water partition coefficient (Wildman–Crippen LogP) is 2.95. The van der Waals surface area contributed by atoms with E-state index in [9.17, 15) is 4.79 Å². The van der Waals surface area contributed by atoms with E-state index in [4.69, 9.17) is 11.6 Å². The van der Waals surface area contributed by atoms with Gasteiger partial charge in [-0.2, -0.15) is 16.9 Å². The minimum absolute atomic E-state index is 0.160. The van der Waals surface area contributed by atoms with E-state index >= 15 is 0 Å². The highest BCUT2D eigenvalue weighted by atomic mass is 35.5. The lowest BCUT2D eigenvalue weighted by atomic mass is 10.1. The molecule has 0 spiro atoms. The third-order valence-electron chi connectivity index (χ3n) is 2.79. The Morgan fingerprint density at radius 1 is 1.50 bits per heavy atom. The molecular weight excluding hydrogens is 270 g/mol. The van der Waals surface area contributed by atoms with Gasteiger partial charge in [-0.05, 0) is 27.7 Å². The van der Waals surface area contributed by atoms with Gasteiger partial charge in [0.2, 0.25) is 5.91 Å². The Bertz CT molecular complexity index is 476. The molecule has 0 fully saturated rings. The molecule has 1 aliphatic rings. The summed E-state index contributed by atoms with van der Waals surface area (Å²) in [7, 11) is 0. The fourth-order valence-electron chi connectivity index (χ4n) is 1.84. The van der Waals surface area contributed by atoms with Gasteiger partial charge in [0.25, 0.3) is 0 Å². The van der Waals surface area contributed by atoms with E-state index in [1.165, 1.54) is 0 Å². The van der Waals surface area contributed by atoms with E-state index in [0.717, 1.165) is 28.6 Å². The van der Waals surface area contributed by atoms with E-state index < -0.39 is 5.38 Å². The number of thioether (sulfide) groups is 1. The van der Waals surface area contributed by atoms with Gasteiger partial charge in [-0.25, -0.2) is 4.68 Å². The van der Waals surface area contributed by atoms with Crippen LogP contribution in [0.3, 0.4) is 0 Å². The molecule has 0 bridgehead atoms. The van der Waals surface area contributed by atoms with Crippen LogP contribution in [0.4, 0.5) is 5.82 Å². The van der Waals surface area contributed by atoms with Gasteiger partial charge >= 0.3 is 0 Å². The number of nitrogens with zero attached hydrogens (tertiary/aromatic N) is 2. The molecule has 18 heavy (non-hydrogen) atoms. The van der Waals surface area contributed by atoms with E-state index in [1.54, 1.807) is 6.92 Å². The van der Waals surface area contributed by atoms with E-state index in [0.29, 0.717) is 0 Å². The number of rotatable bonds is 2. The first kappa shape index (κ1) is 13.7. The highest BCUT2D eigenvalue weighted by Gasteiger charge is 2.29. The minimum atomic E-state index is -0.543. The second-order valence-electron chi connectivity index (χ2n) is 5.45. The van der Waals surface area contributed by atoms with Crippen molar-refractivity contribution < 1.29 is 4.79 Å². The number of carbonyl (C=O) groups excluding carboxylic acids is 1. The van der Waals surface area contributed by atoms with Crippen LogP contribution in [0, 0.1) is 0 Å². The zero-order valence-electron chi connectivity index (χ0n) is 11.1. The van der Waals surface area contributed by atoms with Gasteiger partial charge in [0, 0.05) is 17.1 Å². The summed E-state index contributed by atoms with van der Waals surface area (Å²) in [5.41, 5.74) is 2.06. The van der Waals surface area contributed by atoms with Crippen molar-refractivity contribution in [3.63, 3.8) is 0 Å². The highest BCUT2D eigenvalue weighted by Crippen LogP contribution is 2.37. The van der Waals surface area contributed by atoms with Crippen molar-refractivity contribution >= 4 is 35.1 Å². The Kier molecular flexibility index (Phi) is 3.65. The van der Waals surface area contributed by atoms with Crippen molar-refractivity contribution in [2.24, 2.45) is 0 Å². The summed E-state index contributed by atoms with van der Waals surface area (Å²) in [5, 5.41) is 6.98. The maximum absolute atomic E-state index is 11.8. The molecule has 1 atom stereocenters. The first-order valence-electron chi connectivity index (χ1n) is 5.94. The number of amides is 1. The molecule has 2 rings (SSSR count). The van der Waals surface area contributed by atoms with Gasteiger partial charge in [-0.15, -0.1) is 11.6 Å². The second-order valence-corrected chi connectivity index (χ2v) is 7.09. The summed E-state index contributed by atoms with van der Waals surface area (Å²) in [6.07, 6.45) is 0. The molecule has 0 aromatic carbocycles. The van der Waals surface area contributed by atoms with E-state index in [-0.39, 0.29) is 11.4 Å². The van der Waals surface area contributed by atoms with Crippen LogP contribution in [0.2, 0.25) is 0 Å². The van der Waals surface area contributed by atoms with Crippen LogP contribution in [-0.4, -0.2) is 21.1 Å². The molecule has 6 heteroatoms. The van der Waals surface area contributed by atoms with Crippen LogP contribution in [0.1, 0.15) is 39.0 Å². The Balaban J connectivity index is 2.40. The topological polar surface area (TPSA) is 46.9 Å². The molecule has 0 aliphatic carbocycles. The highest BCUT2D eigenvalue weighted by molar-refractivity contribution is 7.98. The van der Waals surface area contributed by atoms with Gasteiger partial charge < -0.3 is 5.32 Å². The van der Waals surface area contributed by atoms with E-state index in [2.05, 4.69) is 31.2 Å². The van der Waals surface area contributed by atoms with Gasteiger partial charge in [0.15, 0.2) is 0 Å². The van der Waals surface area contributed by atoms with Crippen LogP contribution < -0.4 is 5.32 Å². The minimum Gasteiger partial charge on any atom is -0.309 e. The van der Waals surface area contributed by atoms with Crippen LogP contribution in [-0.2, 0) is 21.8 Å². The number of anilines is 1. The predicted molar refractivity (Wildman–Crippen MR) is 76.2 cm³/mol. The normalized spacial score (nSPS) is 16.5. The van der Waals surface area contributed by atoms with Crippen molar-refractivity contribution in [2.75, 3.05) is 5.32 Å². The van der Waals surface area contributed by atoms with Crippen molar-refractivity contribution in [3.8, 4) is 0 Å². The van der Waals surface area contributed by atoms with Gasteiger partial charge in [-0.1, -0.05) is 0 Å². The molecule has 1 aromatic rings. The molecule has 4 nitrogen and oxygen atoms in total. The first-order chi connectivity index (χ1) is 8.30. The largest absolute Gasteiger partial charge is 0.309 e. The molecule has 0 saturated carbocycles. The number of halogens is 1. The van der Waals surface area contributed by atoms with Crippen molar-refractivity contribution in [1.82, 2.24) is 9.78 Å². The number of aromatic nitrogens is 2. The number of carbonyl (C=O) groups is 1. The molecule has 0 radical (unpaired) electrons. The summed E-state index contributed by atoms with van der Waals surface area (Å²) in [4.78, 5) is 11.8. The zero-order valence-corrected chi connectivity index (χ0v) is 12.7. The van der Waals surface area contributed by atoms with Gasteiger partial charge in [0.1, 0.15) is 11.2 Å². The number of fused-ring (bicyclic) bond motifs is 1. The molecule has 1 amide bonds. The Morgan fingerprint density at radius 3 is 2.72 bits per heavy atom. The maximum atomic E-state index is 11.8. The Morgan fingerprint density at radius 2 is 2.17 bits per heavy atom. The summed E-state index contributed by atoms with van der Waals surface area (Å²) >= 11 is 7.63. The van der Waals surface area contributed by atoms with Crippen LogP contribution in [0.5, 0.6) is 0 Å². The third-order valence-corrected chi connectivity index (χ3v) is 3.96. The summed E-state index contributed by atoms with van der Waals surface area (Å²) in [5.74, 6) is 2.44. The standard InChI is InChI=1S/C12H18ClN3OS/c1-7(13)11(17)14-10-8-5-18-6-9(8)15-16(10)12(2,3)4/h7H,5-6H2,1-4H3,(H,14,17)/t7-/m1/s1. The Labute approximate surface area is 116 Å². The summed E-state index contributed by atoms with van der Waals surface area (Å²) in [6.45, 7) is 7.88. The molecule has 1 aliphatic heterocycles. The zero-order chi connectivity index (χ0) is 13.5. The SMILES string of the molecule is C[C@@H](Cl)C(=O)Nc1c2c(nn1C(C)(C)C)CSC2. The lowest BCUT2D eigenvalue weighted by Crippen LogP contribution is -2.29. The van der Waals surface area contributed by atoms with Gasteiger partial charge in [0.05, 0.1) is 11.2 Å². The Hall–Kier alpha value is -0.680.